The lowest BCUT2D eigenvalue weighted by molar-refractivity contribution is -0.141. The summed E-state index contributed by atoms with van der Waals surface area (Å²) in [5.74, 6) is 0.131. The summed E-state index contributed by atoms with van der Waals surface area (Å²) in [7, 11) is 0. The van der Waals surface area contributed by atoms with Crippen LogP contribution in [0, 0.1) is 11.8 Å². The number of hydrogen-bond acceptors (Lipinski definition) is 7. The van der Waals surface area contributed by atoms with Gasteiger partial charge in [0.2, 0.25) is 11.8 Å². The average molecular weight is 554 g/mol. The number of carbonyl (C=O) groups is 3. The van der Waals surface area contributed by atoms with Gasteiger partial charge in [-0.2, -0.15) is 0 Å². The van der Waals surface area contributed by atoms with Gasteiger partial charge in [0.05, 0.1) is 18.4 Å². The second-order valence-corrected chi connectivity index (χ2v) is 11.3. The van der Waals surface area contributed by atoms with Crippen molar-refractivity contribution >= 4 is 23.7 Å². The SMILES string of the molecule is CCCCCCCCCCNC(=O)OC(CN1CCN(c2ccccn2)CC1)CN1C(=O)[C@H]2CC=CC[C@H]2C1=O. The van der Waals surface area contributed by atoms with Crippen LogP contribution in [0.2, 0.25) is 0 Å². The summed E-state index contributed by atoms with van der Waals surface area (Å²) < 4.78 is 5.87. The highest BCUT2D eigenvalue weighted by Gasteiger charge is 2.48. The smallest absolute Gasteiger partial charge is 0.407 e. The van der Waals surface area contributed by atoms with Crippen LogP contribution in [0.1, 0.15) is 71.1 Å². The number of imide groups is 1. The molecule has 9 heteroatoms. The molecule has 3 heterocycles. The van der Waals surface area contributed by atoms with E-state index < -0.39 is 12.2 Å². The summed E-state index contributed by atoms with van der Waals surface area (Å²) in [5.41, 5.74) is 0. The van der Waals surface area contributed by atoms with Gasteiger partial charge in [0.1, 0.15) is 11.9 Å². The molecule has 3 aliphatic rings. The minimum absolute atomic E-state index is 0.107. The summed E-state index contributed by atoms with van der Waals surface area (Å²) in [5, 5.41) is 2.89. The normalized spacial score (nSPS) is 21.9. The second kappa shape index (κ2) is 15.7. The summed E-state index contributed by atoms with van der Waals surface area (Å²) in [6, 6.07) is 5.91. The number of nitrogens with zero attached hydrogens (tertiary/aromatic N) is 4. The van der Waals surface area contributed by atoms with Crippen LogP contribution in [-0.2, 0) is 14.3 Å². The highest BCUT2D eigenvalue weighted by molar-refractivity contribution is 6.05. The van der Waals surface area contributed by atoms with Crippen molar-refractivity contribution in [3.63, 3.8) is 0 Å². The number of nitrogens with one attached hydrogen (secondary N) is 1. The Labute approximate surface area is 239 Å². The standard InChI is InChI=1S/C31H47N5O4/c1-2-3-4-5-6-7-8-12-18-33-31(39)40-25(24-36-29(37)26-14-9-10-15-27(26)30(36)38)23-34-19-21-35(22-20-34)28-16-11-13-17-32-28/h9-11,13,16-17,25-27H,2-8,12,14-15,18-24H2,1H3,(H,33,39)/t25?,26-,27+. The maximum absolute atomic E-state index is 13.1. The van der Waals surface area contributed by atoms with Gasteiger partial charge >= 0.3 is 6.09 Å². The molecule has 1 unspecified atom stereocenters. The van der Waals surface area contributed by atoms with Crippen LogP contribution in [0.3, 0.4) is 0 Å². The molecule has 2 aliphatic heterocycles. The maximum Gasteiger partial charge on any atom is 0.407 e. The number of piperazine rings is 1. The molecular weight excluding hydrogens is 506 g/mol. The summed E-state index contributed by atoms with van der Waals surface area (Å²) in [4.78, 5) is 49.3. The molecule has 1 aromatic rings. The Bertz CT molecular complexity index is 953. The molecule has 4 rings (SSSR count). The van der Waals surface area contributed by atoms with Crippen molar-refractivity contribution in [2.45, 2.75) is 77.2 Å². The summed E-state index contributed by atoms with van der Waals surface area (Å²) in [6.07, 6.45) is 15.5. The van der Waals surface area contributed by atoms with Gasteiger partial charge in [-0.25, -0.2) is 9.78 Å². The Morgan fingerprint density at radius 3 is 2.20 bits per heavy atom. The van der Waals surface area contributed by atoms with Gasteiger partial charge in [0.15, 0.2) is 0 Å². The minimum Gasteiger partial charge on any atom is -0.443 e. The molecule has 0 bridgehead atoms. The third-order valence-electron chi connectivity index (χ3n) is 8.37. The molecule has 2 saturated heterocycles. The fourth-order valence-electron chi connectivity index (χ4n) is 6.02. The Balaban J connectivity index is 1.27. The number of likely N-dealkylation sites (tertiary alicyclic amines) is 1. The zero-order valence-corrected chi connectivity index (χ0v) is 24.1. The van der Waals surface area contributed by atoms with E-state index in [2.05, 4.69) is 27.0 Å². The molecule has 9 nitrogen and oxygen atoms in total. The number of hydrogen-bond donors (Lipinski definition) is 1. The number of rotatable bonds is 15. The van der Waals surface area contributed by atoms with Gasteiger partial charge in [0, 0.05) is 45.5 Å². The van der Waals surface area contributed by atoms with Gasteiger partial charge < -0.3 is 15.0 Å². The number of allylic oxidation sites excluding steroid dienone is 2. The summed E-state index contributed by atoms with van der Waals surface area (Å²) >= 11 is 0. The number of pyridine rings is 1. The predicted octanol–water partition coefficient (Wildman–Crippen LogP) is 4.39. The quantitative estimate of drug-likeness (QED) is 0.196. The van der Waals surface area contributed by atoms with Crippen molar-refractivity contribution in [3.8, 4) is 0 Å². The second-order valence-electron chi connectivity index (χ2n) is 11.3. The number of fused-ring (bicyclic) bond motifs is 1. The molecule has 0 radical (unpaired) electrons. The molecule has 3 atom stereocenters. The first-order chi connectivity index (χ1) is 19.6. The number of unbranched alkanes of at least 4 members (excludes halogenated alkanes) is 7. The van der Waals surface area contributed by atoms with E-state index in [1.54, 1.807) is 6.20 Å². The third kappa shape index (κ3) is 8.53. The number of amides is 3. The molecule has 0 aromatic carbocycles. The van der Waals surface area contributed by atoms with Gasteiger partial charge in [-0.1, -0.05) is 70.1 Å². The lowest BCUT2D eigenvalue weighted by Crippen LogP contribution is -2.52. The highest BCUT2D eigenvalue weighted by atomic mass is 16.6. The Hall–Kier alpha value is -2.94. The molecule has 1 aromatic heterocycles. The van der Waals surface area contributed by atoms with E-state index in [9.17, 15) is 14.4 Å². The van der Waals surface area contributed by atoms with Gasteiger partial charge in [-0.3, -0.25) is 19.4 Å². The number of anilines is 1. The van der Waals surface area contributed by atoms with Gasteiger partial charge in [-0.05, 0) is 31.4 Å². The van der Waals surface area contributed by atoms with Crippen molar-refractivity contribution in [2.24, 2.45) is 11.8 Å². The average Bonchev–Trinajstić information content (AvgIpc) is 3.22. The van der Waals surface area contributed by atoms with E-state index in [0.717, 1.165) is 44.8 Å². The molecule has 0 saturated carbocycles. The van der Waals surface area contributed by atoms with Gasteiger partial charge in [-0.15, -0.1) is 0 Å². The monoisotopic (exact) mass is 553 g/mol. The topological polar surface area (TPSA) is 95.1 Å². The molecule has 40 heavy (non-hydrogen) atoms. The van der Waals surface area contributed by atoms with Crippen LogP contribution in [0.15, 0.2) is 36.5 Å². The van der Waals surface area contributed by atoms with E-state index >= 15 is 0 Å². The molecule has 1 aliphatic carbocycles. The zero-order valence-electron chi connectivity index (χ0n) is 24.1. The Morgan fingerprint density at radius 2 is 1.57 bits per heavy atom. The van der Waals surface area contributed by atoms with E-state index in [-0.39, 0.29) is 30.2 Å². The predicted molar refractivity (Wildman–Crippen MR) is 156 cm³/mol. The Morgan fingerprint density at radius 1 is 0.925 bits per heavy atom. The summed E-state index contributed by atoms with van der Waals surface area (Å²) in [6.45, 7) is 6.57. The first-order valence-corrected chi connectivity index (χ1v) is 15.4. The van der Waals surface area contributed by atoms with E-state index in [4.69, 9.17) is 4.74 Å². The van der Waals surface area contributed by atoms with Crippen LogP contribution in [0.5, 0.6) is 0 Å². The van der Waals surface area contributed by atoms with E-state index in [1.807, 2.05) is 30.4 Å². The van der Waals surface area contributed by atoms with Crippen molar-refractivity contribution in [2.75, 3.05) is 50.7 Å². The lowest BCUT2D eigenvalue weighted by atomic mass is 9.85. The molecule has 1 N–H and O–H groups in total. The van der Waals surface area contributed by atoms with Crippen molar-refractivity contribution < 1.29 is 19.1 Å². The number of aromatic nitrogens is 1. The van der Waals surface area contributed by atoms with Gasteiger partial charge in [0.25, 0.3) is 0 Å². The van der Waals surface area contributed by atoms with Crippen LogP contribution >= 0.6 is 0 Å². The Kier molecular flexibility index (Phi) is 11.8. The molecule has 3 amide bonds. The molecule has 2 fully saturated rings. The van der Waals surface area contributed by atoms with E-state index in [1.165, 1.54) is 43.4 Å². The lowest BCUT2D eigenvalue weighted by Gasteiger charge is -2.37. The van der Waals surface area contributed by atoms with Crippen molar-refractivity contribution in [3.05, 3.63) is 36.5 Å². The van der Waals surface area contributed by atoms with Crippen molar-refractivity contribution in [1.29, 1.82) is 0 Å². The van der Waals surface area contributed by atoms with Crippen molar-refractivity contribution in [1.82, 2.24) is 20.1 Å². The molecule has 220 valence electrons. The molecule has 0 spiro atoms. The minimum atomic E-state index is -0.582. The van der Waals surface area contributed by atoms with Crippen LogP contribution in [-0.4, -0.2) is 84.6 Å². The fraction of sp³-hybridized carbons (Fsp3) is 0.677. The first-order valence-electron chi connectivity index (χ1n) is 15.4. The number of carbonyl (C=O) groups excluding carboxylic acids is 3. The highest BCUT2D eigenvalue weighted by Crippen LogP contribution is 2.35. The fourth-order valence-corrected chi connectivity index (χ4v) is 6.02. The zero-order chi connectivity index (χ0) is 28.2. The largest absolute Gasteiger partial charge is 0.443 e. The first kappa shape index (κ1) is 30.0. The third-order valence-corrected chi connectivity index (χ3v) is 8.37. The number of ether oxygens (including phenoxy) is 1. The van der Waals surface area contributed by atoms with Crippen LogP contribution in [0.4, 0.5) is 10.6 Å². The number of alkyl carbamates (subject to hydrolysis) is 1. The van der Waals surface area contributed by atoms with E-state index in [0.29, 0.717) is 25.9 Å². The molecular formula is C31H47N5O4. The van der Waals surface area contributed by atoms with Crippen LogP contribution < -0.4 is 10.2 Å². The van der Waals surface area contributed by atoms with Crippen LogP contribution in [0.25, 0.3) is 0 Å². The maximum atomic E-state index is 13.1.